The van der Waals surface area contributed by atoms with Gasteiger partial charge in [-0.3, -0.25) is 4.79 Å². The topological polar surface area (TPSA) is 66.9 Å². The average Bonchev–Trinajstić information content (AvgIpc) is 2.64. The molecule has 1 aromatic carbocycles. The van der Waals surface area contributed by atoms with Gasteiger partial charge in [-0.05, 0) is 50.3 Å². The SMILES string of the molecule is O=C(Nc1ccccc1)c1ccnc(NCCC2=CCCCC2)n1. The normalized spacial score (nSPS) is 13.9. The van der Waals surface area contributed by atoms with Gasteiger partial charge < -0.3 is 10.6 Å². The number of para-hydroxylation sites is 1. The lowest BCUT2D eigenvalue weighted by atomic mass is 9.97. The zero-order valence-corrected chi connectivity index (χ0v) is 13.7. The smallest absolute Gasteiger partial charge is 0.274 e. The van der Waals surface area contributed by atoms with Crippen molar-refractivity contribution in [1.82, 2.24) is 9.97 Å². The predicted octanol–water partition coefficient (Wildman–Crippen LogP) is 4.03. The highest BCUT2D eigenvalue weighted by Gasteiger charge is 2.09. The molecule has 0 atom stereocenters. The molecule has 1 aliphatic rings. The van der Waals surface area contributed by atoms with Crippen LogP contribution in [0.25, 0.3) is 0 Å². The van der Waals surface area contributed by atoms with Crippen molar-refractivity contribution in [2.75, 3.05) is 17.2 Å². The summed E-state index contributed by atoms with van der Waals surface area (Å²) in [6.45, 7) is 0.787. The summed E-state index contributed by atoms with van der Waals surface area (Å²) in [5, 5.41) is 6.04. The lowest BCUT2D eigenvalue weighted by molar-refractivity contribution is 0.102. The van der Waals surface area contributed by atoms with Crippen LogP contribution in [0.3, 0.4) is 0 Å². The minimum absolute atomic E-state index is 0.235. The number of nitrogens with one attached hydrogen (secondary N) is 2. The number of hydrogen-bond acceptors (Lipinski definition) is 4. The van der Waals surface area contributed by atoms with Gasteiger partial charge in [0.2, 0.25) is 5.95 Å². The maximum absolute atomic E-state index is 12.2. The summed E-state index contributed by atoms with van der Waals surface area (Å²) in [5.41, 5.74) is 2.61. The van der Waals surface area contributed by atoms with Crippen molar-refractivity contribution in [1.29, 1.82) is 0 Å². The Hall–Kier alpha value is -2.69. The fourth-order valence-electron chi connectivity index (χ4n) is 2.75. The molecule has 124 valence electrons. The first kappa shape index (κ1) is 16.2. The molecule has 0 saturated heterocycles. The van der Waals surface area contributed by atoms with Gasteiger partial charge in [0, 0.05) is 18.4 Å². The molecule has 2 aromatic rings. The molecule has 0 aliphatic heterocycles. The molecule has 5 heteroatoms. The highest BCUT2D eigenvalue weighted by Crippen LogP contribution is 2.19. The predicted molar refractivity (Wildman–Crippen MR) is 96.1 cm³/mol. The first-order chi connectivity index (χ1) is 11.8. The average molecular weight is 322 g/mol. The second-order valence-corrected chi connectivity index (χ2v) is 5.87. The lowest BCUT2D eigenvalue weighted by Gasteiger charge is -2.13. The van der Waals surface area contributed by atoms with Crippen LogP contribution in [0.2, 0.25) is 0 Å². The number of aromatic nitrogens is 2. The Kier molecular flexibility index (Phi) is 5.56. The molecule has 0 spiro atoms. The molecule has 1 amide bonds. The Morgan fingerprint density at radius 3 is 2.79 bits per heavy atom. The number of anilines is 2. The van der Waals surface area contributed by atoms with Gasteiger partial charge in [-0.25, -0.2) is 9.97 Å². The first-order valence-corrected chi connectivity index (χ1v) is 8.42. The molecule has 5 nitrogen and oxygen atoms in total. The Morgan fingerprint density at radius 1 is 1.12 bits per heavy atom. The van der Waals surface area contributed by atoms with E-state index in [9.17, 15) is 4.79 Å². The Balaban J connectivity index is 1.55. The van der Waals surface area contributed by atoms with Gasteiger partial charge in [-0.15, -0.1) is 0 Å². The Labute approximate surface area is 142 Å². The lowest BCUT2D eigenvalue weighted by Crippen LogP contribution is -2.15. The summed E-state index contributed by atoms with van der Waals surface area (Å²) >= 11 is 0. The maximum atomic E-state index is 12.2. The van der Waals surface area contributed by atoms with E-state index in [1.54, 1.807) is 12.3 Å². The number of hydrogen-bond donors (Lipinski definition) is 2. The number of carbonyl (C=O) groups is 1. The summed E-state index contributed by atoms with van der Waals surface area (Å²) in [5.74, 6) is 0.258. The molecule has 0 saturated carbocycles. The maximum Gasteiger partial charge on any atom is 0.274 e. The third-order valence-corrected chi connectivity index (χ3v) is 4.03. The van der Waals surface area contributed by atoms with E-state index >= 15 is 0 Å². The molecule has 0 unspecified atom stereocenters. The second-order valence-electron chi connectivity index (χ2n) is 5.87. The summed E-state index contributed by atoms with van der Waals surface area (Å²) < 4.78 is 0. The standard InChI is InChI=1S/C19H22N4O/c24-18(22-16-9-5-2-6-10-16)17-12-14-21-19(23-17)20-13-11-15-7-3-1-4-8-15/h2,5-7,9-10,12,14H,1,3-4,8,11,13H2,(H,22,24)(H,20,21,23). The van der Waals surface area contributed by atoms with E-state index in [1.807, 2.05) is 30.3 Å². The van der Waals surface area contributed by atoms with Gasteiger partial charge in [-0.1, -0.05) is 29.8 Å². The van der Waals surface area contributed by atoms with Crippen LogP contribution in [0.15, 0.2) is 54.2 Å². The van der Waals surface area contributed by atoms with Crippen LogP contribution >= 0.6 is 0 Å². The second kappa shape index (κ2) is 8.24. The molecular weight excluding hydrogens is 300 g/mol. The van der Waals surface area contributed by atoms with Gasteiger partial charge in [-0.2, -0.15) is 0 Å². The zero-order valence-electron chi connectivity index (χ0n) is 13.7. The van der Waals surface area contributed by atoms with Crippen molar-refractivity contribution in [2.45, 2.75) is 32.1 Å². The van der Waals surface area contributed by atoms with Gasteiger partial charge in [0.15, 0.2) is 0 Å². The number of amides is 1. The molecule has 1 heterocycles. The number of nitrogens with zero attached hydrogens (tertiary/aromatic N) is 2. The highest BCUT2D eigenvalue weighted by molar-refractivity contribution is 6.02. The van der Waals surface area contributed by atoms with Crippen LogP contribution < -0.4 is 10.6 Å². The molecule has 0 fully saturated rings. The Morgan fingerprint density at radius 2 is 2.00 bits per heavy atom. The fourth-order valence-corrected chi connectivity index (χ4v) is 2.75. The molecule has 1 aliphatic carbocycles. The molecular formula is C19H22N4O. The number of rotatable bonds is 6. The monoisotopic (exact) mass is 322 g/mol. The van der Waals surface area contributed by atoms with E-state index < -0.39 is 0 Å². The number of allylic oxidation sites excluding steroid dienone is 1. The highest BCUT2D eigenvalue weighted by atomic mass is 16.1. The third-order valence-electron chi connectivity index (χ3n) is 4.03. The quantitative estimate of drug-likeness (QED) is 0.788. The van der Waals surface area contributed by atoms with E-state index in [-0.39, 0.29) is 5.91 Å². The number of benzene rings is 1. The summed E-state index contributed by atoms with van der Waals surface area (Å²) in [6, 6.07) is 11.0. The summed E-state index contributed by atoms with van der Waals surface area (Å²) in [4.78, 5) is 20.7. The van der Waals surface area contributed by atoms with Gasteiger partial charge in [0.25, 0.3) is 5.91 Å². The van der Waals surface area contributed by atoms with Crippen molar-refractivity contribution >= 4 is 17.5 Å². The van der Waals surface area contributed by atoms with Crippen molar-refractivity contribution in [2.24, 2.45) is 0 Å². The van der Waals surface area contributed by atoms with Crippen molar-refractivity contribution < 1.29 is 4.79 Å². The molecule has 24 heavy (non-hydrogen) atoms. The van der Waals surface area contributed by atoms with Gasteiger partial charge >= 0.3 is 0 Å². The third kappa shape index (κ3) is 4.65. The minimum Gasteiger partial charge on any atom is -0.354 e. The van der Waals surface area contributed by atoms with Crippen LogP contribution in [0, 0.1) is 0 Å². The minimum atomic E-state index is -0.235. The first-order valence-electron chi connectivity index (χ1n) is 8.42. The molecule has 3 rings (SSSR count). The Bertz CT molecular complexity index is 712. The molecule has 0 bridgehead atoms. The van der Waals surface area contributed by atoms with Crippen LogP contribution in [0.1, 0.15) is 42.6 Å². The van der Waals surface area contributed by atoms with Crippen molar-refractivity contribution in [3.8, 4) is 0 Å². The summed E-state index contributed by atoms with van der Waals surface area (Å²) in [6.07, 6.45) is 9.94. The van der Waals surface area contributed by atoms with E-state index in [0.717, 1.165) is 18.7 Å². The van der Waals surface area contributed by atoms with E-state index in [0.29, 0.717) is 11.6 Å². The van der Waals surface area contributed by atoms with E-state index in [2.05, 4.69) is 26.7 Å². The molecule has 1 aromatic heterocycles. The number of carbonyl (C=O) groups excluding carboxylic acids is 1. The van der Waals surface area contributed by atoms with Crippen molar-refractivity contribution in [3.63, 3.8) is 0 Å². The van der Waals surface area contributed by atoms with Gasteiger partial charge in [0.1, 0.15) is 5.69 Å². The molecule has 0 radical (unpaired) electrons. The fraction of sp³-hybridized carbons (Fsp3) is 0.316. The molecule has 2 N–H and O–H groups in total. The zero-order chi connectivity index (χ0) is 16.6. The van der Waals surface area contributed by atoms with Gasteiger partial charge in [0.05, 0.1) is 0 Å². The largest absolute Gasteiger partial charge is 0.354 e. The van der Waals surface area contributed by atoms with Crippen molar-refractivity contribution in [3.05, 3.63) is 59.9 Å². The van der Waals surface area contributed by atoms with E-state index in [4.69, 9.17) is 0 Å². The van der Waals surface area contributed by atoms with Crippen LogP contribution in [0.4, 0.5) is 11.6 Å². The van der Waals surface area contributed by atoms with Crippen LogP contribution in [-0.4, -0.2) is 22.4 Å². The van der Waals surface area contributed by atoms with Crippen LogP contribution in [0.5, 0.6) is 0 Å². The van der Waals surface area contributed by atoms with E-state index in [1.165, 1.54) is 31.3 Å². The van der Waals surface area contributed by atoms with Crippen LogP contribution in [-0.2, 0) is 0 Å². The summed E-state index contributed by atoms with van der Waals surface area (Å²) in [7, 11) is 0.